The predicted octanol–water partition coefficient (Wildman–Crippen LogP) is 2.74. The van der Waals surface area contributed by atoms with Crippen molar-refractivity contribution in [1.29, 1.82) is 0 Å². The summed E-state index contributed by atoms with van der Waals surface area (Å²) in [5.74, 6) is 2.58. The molecule has 3 nitrogen and oxygen atoms in total. The molecule has 0 saturated carbocycles. The van der Waals surface area contributed by atoms with Gasteiger partial charge in [0.15, 0.2) is 0 Å². The topological polar surface area (TPSA) is 45.8 Å². The molecule has 0 unspecified atom stereocenters. The molecule has 1 N–H and O–H groups in total. The zero-order valence-corrected chi connectivity index (χ0v) is 11.4. The maximum absolute atomic E-state index is 11.5. The summed E-state index contributed by atoms with van der Waals surface area (Å²) in [4.78, 5) is 18.8. The van der Waals surface area contributed by atoms with Crippen LogP contribution < -0.4 is 5.56 Å². The van der Waals surface area contributed by atoms with Gasteiger partial charge in [-0.15, -0.1) is 0 Å². The van der Waals surface area contributed by atoms with Crippen molar-refractivity contribution in [3.63, 3.8) is 0 Å². The third kappa shape index (κ3) is 3.65. The maximum atomic E-state index is 11.5. The van der Waals surface area contributed by atoms with Gasteiger partial charge in [0.2, 0.25) is 0 Å². The van der Waals surface area contributed by atoms with Crippen LogP contribution in [0.4, 0.5) is 0 Å². The quantitative estimate of drug-likeness (QED) is 0.907. The Bertz CT molecular complexity index is 378. The number of rotatable bonds is 5. The third-order valence-electron chi connectivity index (χ3n) is 1.91. The van der Waals surface area contributed by atoms with E-state index in [0.717, 1.165) is 35.9 Å². The number of nitrogens with zero attached hydrogens (tertiary/aromatic N) is 1. The Kier molecular flexibility index (Phi) is 5.39. The van der Waals surface area contributed by atoms with E-state index in [1.807, 2.05) is 0 Å². The molecule has 0 fully saturated rings. The van der Waals surface area contributed by atoms with Crippen molar-refractivity contribution in [2.45, 2.75) is 32.4 Å². The zero-order chi connectivity index (χ0) is 11.3. The first-order valence-electron chi connectivity index (χ1n) is 5.04. The van der Waals surface area contributed by atoms with E-state index in [2.05, 4.69) is 39.7 Å². The predicted molar refractivity (Wildman–Crippen MR) is 68.4 cm³/mol. The lowest BCUT2D eigenvalue weighted by Crippen LogP contribution is -2.15. The minimum absolute atomic E-state index is 0.0693. The Morgan fingerprint density at radius 2 is 2.20 bits per heavy atom. The van der Waals surface area contributed by atoms with Gasteiger partial charge >= 0.3 is 0 Å². The van der Waals surface area contributed by atoms with E-state index >= 15 is 0 Å². The molecule has 1 rings (SSSR count). The van der Waals surface area contributed by atoms with Gasteiger partial charge in [-0.25, -0.2) is 4.98 Å². The lowest BCUT2D eigenvalue weighted by Gasteiger charge is -2.04. The van der Waals surface area contributed by atoms with Crippen molar-refractivity contribution in [3.05, 3.63) is 26.3 Å². The van der Waals surface area contributed by atoms with E-state index in [9.17, 15) is 4.79 Å². The number of nitrogens with one attached hydrogen (secondary N) is 1. The highest BCUT2D eigenvalue weighted by atomic mass is 79.9. The first-order valence-corrected chi connectivity index (χ1v) is 6.99. The van der Waals surface area contributed by atoms with Crippen molar-refractivity contribution in [2.24, 2.45) is 0 Å². The summed E-state index contributed by atoms with van der Waals surface area (Å²) in [5, 5.41) is 0. The minimum Gasteiger partial charge on any atom is -0.309 e. The second-order valence-electron chi connectivity index (χ2n) is 3.16. The Morgan fingerprint density at radius 3 is 2.80 bits per heavy atom. The van der Waals surface area contributed by atoms with Gasteiger partial charge in [0, 0.05) is 0 Å². The molecule has 5 heteroatoms. The number of thioether (sulfide) groups is 1. The molecule has 0 saturated heterocycles. The van der Waals surface area contributed by atoms with E-state index in [0.29, 0.717) is 4.47 Å². The highest BCUT2D eigenvalue weighted by molar-refractivity contribution is 9.10. The van der Waals surface area contributed by atoms with Gasteiger partial charge < -0.3 is 4.98 Å². The molecule has 1 aromatic rings. The molecule has 0 spiro atoms. The van der Waals surface area contributed by atoms with E-state index in [4.69, 9.17) is 0 Å². The molecule has 0 aliphatic rings. The normalized spacial score (nSPS) is 10.6. The number of H-pyrrole nitrogens is 1. The van der Waals surface area contributed by atoms with Gasteiger partial charge in [-0.05, 0) is 28.1 Å². The standard InChI is InChI=1S/C10H15BrN2OS/c1-3-5-7-9(11)10(14)13-8(12-7)6-15-4-2/h3-6H2,1-2H3,(H,12,13,14). The van der Waals surface area contributed by atoms with Crippen LogP contribution in [0.2, 0.25) is 0 Å². The number of halogens is 1. The summed E-state index contributed by atoms with van der Waals surface area (Å²) in [6, 6.07) is 0. The summed E-state index contributed by atoms with van der Waals surface area (Å²) >= 11 is 5.03. The summed E-state index contributed by atoms with van der Waals surface area (Å²) in [6.07, 6.45) is 1.84. The second kappa shape index (κ2) is 6.33. The summed E-state index contributed by atoms with van der Waals surface area (Å²) in [5.41, 5.74) is 0.799. The fourth-order valence-corrected chi connectivity index (χ4v) is 2.15. The Labute approximate surface area is 102 Å². The fraction of sp³-hybridized carbons (Fsp3) is 0.600. The highest BCUT2D eigenvalue weighted by Crippen LogP contribution is 2.13. The summed E-state index contributed by atoms with van der Waals surface area (Å²) in [7, 11) is 0. The monoisotopic (exact) mass is 290 g/mol. The molecule has 15 heavy (non-hydrogen) atoms. The van der Waals surface area contributed by atoms with Gasteiger partial charge in [0.25, 0.3) is 5.56 Å². The van der Waals surface area contributed by atoms with Crippen LogP contribution in [0.25, 0.3) is 0 Å². The molecule has 0 atom stereocenters. The Hall–Kier alpha value is -0.290. The molecule has 0 aliphatic carbocycles. The first kappa shape index (κ1) is 12.8. The highest BCUT2D eigenvalue weighted by Gasteiger charge is 2.07. The van der Waals surface area contributed by atoms with E-state index in [1.54, 1.807) is 11.8 Å². The van der Waals surface area contributed by atoms with Crippen molar-refractivity contribution in [2.75, 3.05) is 5.75 Å². The lowest BCUT2D eigenvalue weighted by molar-refractivity contribution is 0.835. The van der Waals surface area contributed by atoms with Crippen LogP contribution in [0.5, 0.6) is 0 Å². The average Bonchev–Trinajstić information content (AvgIpc) is 2.22. The van der Waals surface area contributed by atoms with Crippen LogP contribution in [0.15, 0.2) is 9.27 Å². The molecular weight excluding hydrogens is 276 g/mol. The molecule has 1 aromatic heterocycles. The second-order valence-corrected chi connectivity index (χ2v) is 5.23. The van der Waals surface area contributed by atoms with E-state index in [1.165, 1.54) is 0 Å². The van der Waals surface area contributed by atoms with Crippen molar-refractivity contribution in [1.82, 2.24) is 9.97 Å². The van der Waals surface area contributed by atoms with E-state index < -0.39 is 0 Å². The average molecular weight is 291 g/mol. The molecule has 1 heterocycles. The maximum Gasteiger partial charge on any atom is 0.265 e. The van der Waals surface area contributed by atoms with Gasteiger partial charge in [0.1, 0.15) is 10.3 Å². The molecule has 0 amide bonds. The largest absolute Gasteiger partial charge is 0.309 e. The number of aromatic nitrogens is 2. The van der Waals surface area contributed by atoms with Gasteiger partial charge in [-0.3, -0.25) is 4.79 Å². The van der Waals surface area contributed by atoms with Crippen LogP contribution >= 0.6 is 27.7 Å². The number of aromatic amines is 1. The SMILES string of the molecule is CCCc1nc(CSCC)[nH]c(=O)c1Br. The summed E-state index contributed by atoms with van der Waals surface area (Å²) in [6.45, 7) is 4.17. The number of hydrogen-bond acceptors (Lipinski definition) is 3. The molecule has 0 aromatic carbocycles. The number of aryl methyl sites for hydroxylation is 1. The Morgan fingerprint density at radius 1 is 1.47 bits per heavy atom. The van der Waals surface area contributed by atoms with Crippen LogP contribution in [0.3, 0.4) is 0 Å². The molecule has 0 bridgehead atoms. The Balaban J connectivity index is 2.95. The van der Waals surface area contributed by atoms with Gasteiger partial charge in [-0.2, -0.15) is 11.8 Å². The molecule has 0 radical (unpaired) electrons. The van der Waals surface area contributed by atoms with Crippen LogP contribution in [0.1, 0.15) is 31.8 Å². The first-order chi connectivity index (χ1) is 7.19. The zero-order valence-electron chi connectivity index (χ0n) is 8.97. The lowest BCUT2D eigenvalue weighted by atomic mass is 10.2. The van der Waals surface area contributed by atoms with Crippen LogP contribution in [-0.4, -0.2) is 15.7 Å². The molecule has 0 aliphatic heterocycles. The van der Waals surface area contributed by atoms with Gasteiger partial charge in [-0.1, -0.05) is 20.3 Å². The van der Waals surface area contributed by atoms with E-state index in [-0.39, 0.29) is 5.56 Å². The molecule has 84 valence electrons. The van der Waals surface area contributed by atoms with Crippen molar-refractivity contribution in [3.8, 4) is 0 Å². The molecular formula is C10H15BrN2OS. The van der Waals surface area contributed by atoms with Crippen LogP contribution in [0, 0.1) is 0 Å². The fourth-order valence-electron chi connectivity index (χ4n) is 1.23. The van der Waals surface area contributed by atoms with Crippen molar-refractivity contribution >= 4 is 27.7 Å². The summed E-state index contributed by atoms with van der Waals surface area (Å²) < 4.78 is 0.578. The van der Waals surface area contributed by atoms with Crippen LogP contribution in [-0.2, 0) is 12.2 Å². The number of hydrogen-bond donors (Lipinski definition) is 1. The third-order valence-corrected chi connectivity index (χ3v) is 3.61. The van der Waals surface area contributed by atoms with Crippen molar-refractivity contribution < 1.29 is 0 Å². The smallest absolute Gasteiger partial charge is 0.265 e. The minimum atomic E-state index is -0.0693. The van der Waals surface area contributed by atoms with Gasteiger partial charge in [0.05, 0.1) is 11.4 Å².